The van der Waals surface area contributed by atoms with Gasteiger partial charge in [-0.25, -0.2) is 0 Å². The molecule has 2 unspecified atom stereocenters. The molecule has 0 aromatic heterocycles. The predicted molar refractivity (Wildman–Crippen MR) is 62.8 cm³/mol. The maximum atomic E-state index is 13.0. The molecule has 0 radical (unpaired) electrons. The highest BCUT2D eigenvalue weighted by molar-refractivity contribution is 5.72. The first-order valence-corrected chi connectivity index (χ1v) is 6.01. The van der Waals surface area contributed by atoms with Crippen molar-refractivity contribution in [2.45, 2.75) is 18.5 Å². The Labute approximate surface area is 108 Å². The molecule has 104 valence electrons. The van der Waals surface area contributed by atoms with Crippen molar-refractivity contribution < 1.29 is 23.1 Å². The third-order valence-electron chi connectivity index (χ3n) is 3.46. The molecule has 19 heavy (non-hydrogen) atoms. The topological polar surface area (TPSA) is 49.3 Å². The van der Waals surface area contributed by atoms with E-state index in [4.69, 9.17) is 5.11 Å². The Morgan fingerprint density at radius 3 is 2.63 bits per heavy atom. The van der Waals surface area contributed by atoms with Crippen molar-refractivity contribution in [1.82, 2.24) is 5.32 Å². The molecule has 0 bridgehead atoms. The number of aliphatic carboxylic acids is 1. The van der Waals surface area contributed by atoms with E-state index in [1.165, 1.54) is 18.2 Å². The first-order chi connectivity index (χ1) is 8.91. The smallest absolute Gasteiger partial charge is 0.416 e. The van der Waals surface area contributed by atoms with Crippen LogP contribution in [-0.4, -0.2) is 24.2 Å². The van der Waals surface area contributed by atoms with Gasteiger partial charge >= 0.3 is 12.1 Å². The van der Waals surface area contributed by atoms with Crippen molar-refractivity contribution in [3.63, 3.8) is 0 Å². The minimum Gasteiger partial charge on any atom is -0.481 e. The largest absolute Gasteiger partial charge is 0.481 e. The Morgan fingerprint density at radius 2 is 2.00 bits per heavy atom. The molecule has 1 aliphatic rings. The average Bonchev–Trinajstić information content (AvgIpc) is 2.37. The van der Waals surface area contributed by atoms with E-state index < -0.39 is 29.5 Å². The number of alkyl halides is 3. The van der Waals surface area contributed by atoms with Crippen LogP contribution < -0.4 is 5.32 Å². The Bertz CT molecular complexity index is 473. The first kappa shape index (κ1) is 13.9. The Morgan fingerprint density at radius 1 is 1.32 bits per heavy atom. The van der Waals surface area contributed by atoms with E-state index in [1.807, 2.05) is 0 Å². The molecule has 1 aromatic rings. The number of hydrogen-bond acceptors (Lipinski definition) is 2. The van der Waals surface area contributed by atoms with E-state index in [2.05, 4.69) is 5.32 Å². The van der Waals surface area contributed by atoms with Crippen LogP contribution in [0.25, 0.3) is 0 Å². The van der Waals surface area contributed by atoms with Crippen molar-refractivity contribution in [1.29, 1.82) is 0 Å². The van der Waals surface area contributed by atoms with Gasteiger partial charge in [-0.05, 0) is 24.6 Å². The molecule has 3 nitrogen and oxygen atoms in total. The van der Waals surface area contributed by atoms with E-state index in [0.29, 0.717) is 13.0 Å². The molecule has 1 aliphatic heterocycles. The summed E-state index contributed by atoms with van der Waals surface area (Å²) >= 11 is 0. The molecule has 1 fully saturated rings. The van der Waals surface area contributed by atoms with E-state index in [-0.39, 0.29) is 12.1 Å². The summed E-state index contributed by atoms with van der Waals surface area (Å²) in [4.78, 5) is 11.2. The molecule has 1 heterocycles. The molecule has 1 saturated heterocycles. The summed E-state index contributed by atoms with van der Waals surface area (Å²) in [7, 11) is 0. The van der Waals surface area contributed by atoms with Crippen LogP contribution >= 0.6 is 0 Å². The van der Waals surface area contributed by atoms with Crippen LogP contribution in [0.3, 0.4) is 0 Å². The molecule has 0 saturated carbocycles. The van der Waals surface area contributed by atoms with Crippen LogP contribution in [-0.2, 0) is 11.0 Å². The van der Waals surface area contributed by atoms with Gasteiger partial charge in [0, 0.05) is 12.5 Å². The Hall–Kier alpha value is -1.56. The monoisotopic (exact) mass is 273 g/mol. The van der Waals surface area contributed by atoms with Gasteiger partial charge in [0.15, 0.2) is 0 Å². The second kappa shape index (κ2) is 5.21. The third-order valence-corrected chi connectivity index (χ3v) is 3.46. The highest BCUT2D eigenvalue weighted by Crippen LogP contribution is 2.39. The van der Waals surface area contributed by atoms with E-state index in [9.17, 15) is 18.0 Å². The number of nitrogens with one attached hydrogen (secondary N) is 1. The van der Waals surface area contributed by atoms with Gasteiger partial charge in [-0.1, -0.05) is 18.2 Å². The van der Waals surface area contributed by atoms with Gasteiger partial charge in [-0.15, -0.1) is 0 Å². The lowest BCUT2D eigenvalue weighted by molar-refractivity contribution is -0.144. The molecular weight excluding hydrogens is 259 g/mol. The van der Waals surface area contributed by atoms with Crippen LogP contribution in [0.2, 0.25) is 0 Å². The van der Waals surface area contributed by atoms with Crippen molar-refractivity contribution in [2.75, 3.05) is 13.1 Å². The Balaban J connectivity index is 2.42. The zero-order valence-corrected chi connectivity index (χ0v) is 10.1. The zero-order valence-electron chi connectivity index (χ0n) is 10.1. The maximum Gasteiger partial charge on any atom is 0.416 e. The van der Waals surface area contributed by atoms with Gasteiger partial charge in [0.1, 0.15) is 0 Å². The lowest BCUT2D eigenvalue weighted by atomic mass is 9.79. The number of piperidine rings is 1. The standard InChI is InChI=1S/C13H14F3NO2/c14-13(15,16)11-4-2-1-3-9(11)8-5-6-17-7-10(8)12(18)19/h1-4,8,10,17H,5-7H2,(H,18,19). The fraction of sp³-hybridized carbons (Fsp3) is 0.462. The maximum absolute atomic E-state index is 13.0. The summed E-state index contributed by atoms with van der Waals surface area (Å²) in [6, 6.07) is 5.24. The number of carbonyl (C=O) groups is 1. The SMILES string of the molecule is O=C(O)C1CNCCC1c1ccccc1C(F)(F)F. The van der Waals surface area contributed by atoms with Crippen LogP contribution in [0.15, 0.2) is 24.3 Å². The summed E-state index contributed by atoms with van der Waals surface area (Å²) in [6.07, 6.45) is -4.06. The van der Waals surface area contributed by atoms with Crippen LogP contribution in [0.5, 0.6) is 0 Å². The van der Waals surface area contributed by atoms with Crippen molar-refractivity contribution in [2.24, 2.45) is 5.92 Å². The normalized spacial score (nSPS) is 24.2. The summed E-state index contributed by atoms with van der Waals surface area (Å²) in [5, 5.41) is 12.1. The second-order valence-corrected chi connectivity index (χ2v) is 4.63. The third kappa shape index (κ3) is 2.89. The van der Waals surface area contributed by atoms with Crippen LogP contribution in [0.1, 0.15) is 23.5 Å². The zero-order chi connectivity index (χ0) is 14.0. The number of halogens is 3. The van der Waals surface area contributed by atoms with Crippen molar-refractivity contribution in [3.8, 4) is 0 Å². The minimum atomic E-state index is -4.45. The minimum absolute atomic E-state index is 0.0869. The quantitative estimate of drug-likeness (QED) is 0.870. The molecule has 2 N–H and O–H groups in total. The van der Waals surface area contributed by atoms with Crippen LogP contribution in [0, 0.1) is 5.92 Å². The van der Waals surface area contributed by atoms with Gasteiger partial charge in [-0.3, -0.25) is 4.79 Å². The Kier molecular flexibility index (Phi) is 3.80. The van der Waals surface area contributed by atoms with Crippen molar-refractivity contribution in [3.05, 3.63) is 35.4 Å². The molecule has 0 aliphatic carbocycles. The van der Waals surface area contributed by atoms with E-state index >= 15 is 0 Å². The van der Waals surface area contributed by atoms with E-state index in [0.717, 1.165) is 6.07 Å². The summed E-state index contributed by atoms with van der Waals surface area (Å²) in [6.45, 7) is 0.729. The lowest BCUT2D eigenvalue weighted by Crippen LogP contribution is -2.40. The number of carboxylic acids is 1. The first-order valence-electron chi connectivity index (χ1n) is 6.01. The fourth-order valence-electron chi connectivity index (χ4n) is 2.57. The molecule has 0 amide bonds. The highest BCUT2D eigenvalue weighted by Gasteiger charge is 2.39. The molecule has 0 spiro atoms. The number of rotatable bonds is 2. The number of carboxylic acid groups (broad SMARTS) is 1. The summed E-state index contributed by atoms with van der Waals surface area (Å²) in [5.41, 5.74) is -0.642. The predicted octanol–water partition coefficient (Wildman–Crippen LogP) is 2.48. The highest BCUT2D eigenvalue weighted by atomic mass is 19.4. The second-order valence-electron chi connectivity index (χ2n) is 4.63. The van der Waals surface area contributed by atoms with Gasteiger partial charge < -0.3 is 10.4 Å². The average molecular weight is 273 g/mol. The molecular formula is C13H14F3NO2. The number of hydrogen-bond donors (Lipinski definition) is 2. The molecule has 1 aromatic carbocycles. The molecule has 2 rings (SSSR count). The molecule has 2 atom stereocenters. The summed E-state index contributed by atoms with van der Waals surface area (Å²) in [5.74, 6) is -2.48. The molecule has 6 heteroatoms. The number of benzene rings is 1. The van der Waals surface area contributed by atoms with Gasteiger partial charge in [0.25, 0.3) is 0 Å². The van der Waals surface area contributed by atoms with Gasteiger partial charge in [0.05, 0.1) is 11.5 Å². The van der Waals surface area contributed by atoms with Gasteiger partial charge in [-0.2, -0.15) is 13.2 Å². The lowest BCUT2D eigenvalue weighted by Gasteiger charge is -2.31. The van der Waals surface area contributed by atoms with Crippen LogP contribution in [0.4, 0.5) is 13.2 Å². The summed E-state index contributed by atoms with van der Waals surface area (Å²) < 4.78 is 38.9. The van der Waals surface area contributed by atoms with E-state index in [1.54, 1.807) is 0 Å². The fourth-order valence-corrected chi connectivity index (χ4v) is 2.57. The van der Waals surface area contributed by atoms with Gasteiger partial charge in [0.2, 0.25) is 0 Å². The van der Waals surface area contributed by atoms with Crippen molar-refractivity contribution >= 4 is 5.97 Å².